The normalized spacial score (nSPS) is 20.0. The molecule has 0 aliphatic heterocycles. The maximum absolute atomic E-state index is 13.6. The Kier molecular flexibility index (Phi) is 5.46. The van der Waals surface area contributed by atoms with Gasteiger partial charge in [0.15, 0.2) is 0 Å². The zero-order valence-electron chi connectivity index (χ0n) is 13.6. The van der Waals surface area contributed by atoms with E-state index >= 15 is 0 Å². The molecule has 7 heteroatoms. The molecule has 0 amide bonds. The fraction of sp³-hybridized carbons (Fsp3) is 0.467. The molecule has 2 nitrogen and oxygen atoms in total. The molecule has 122 valence electrons. The molecule has 0 fully saturated rings. The molecule has 1 aromatic carbocycles. The first-order chi connectivity index (χ1) is 10.00. The van der Waals surface area contributed by atoms with E-state index in [0.29, 0.717) is 6.61 Å². The van der Waals surface area contributed by atoms with E-state index in [1.807, 2.05) is 43.0 Å². The standard InChI is InChI=1S/C9H7.C6H17OSi2.2ClH.O.Ti/c1-2-5-9-7-3-6-8(9)4-1;1-8-6-5-7-9(2,3)4;;;;/h1-7H;8H,5-6H2,1-4H3;2*1H;;/q;;;;;+2/p-2. The van der Waals surface area contributed by atoms with Crippen LogP contribution >= 0.6 is 18.6 Å². The number of hydrogen-bond donors (Lipinski definition) is 0. The van der Waals surface area contributed by atoms with Crippen LogP contribution in [0.1, 0.15) is 15.3 Å². The summed E-state index contributed by atoms with van der Waals surface area (Å²) < 4.78 is 19.2. The van der Waals surface area contributed by atoms with E-state index in [9.17, 15) is 3.32 Å². The second-order valence-electron chi connectivity index (χ2n) is 7.18. The first kappa shape index (κ1) is 18.8. The van der Waals surface area contributed by atoms with Gasteiger partial charge in [-0.15, -0.1) is 0 Å². The quantitative estimate of drug-likeness (QED) is 0.594. The summed E-state index contributed by atoms with van der Waals surface area (Å²) in [5.41, 5.74) is 2.10. The van der Waals surface area contributed by atoms with Gasteiger partial charge in [-0.1, -0.05) is 0 Å². The summed E-state index contributed by atoms with van der Waals surface area (Å²) >= 11 is -4.80. The minimum absolute atomic E-state index is 0.301. The second-order valence-corrected chi connectivity index (χ2v) is 38.0. The molecule has 0 aromatic heterocycles. The summed E-state index contributed by atoms with van der Waals surface area (Å²) in [7, 11) is 11.8. The van der Waals surface area contributed by atoms with Crippen LogP contribution in [0.25, 0.3) is 6.08 Å². The first-order valence-electron chi connectivity index (χ1n) is 7.71. The van der Waals surface area contributed by atoms with Gasteiger partial charge in [0.2, 0.25) is 0 Å². The SMILES string of the molecule is C[SiH](CCO[Si](C)(C)C)[Ti](=[O])([Cl])([Cl])[CH]1C=Cc2ccccc21. The molecule has 0 saturated heterocycles. The zero-order valence-corrected chi connectivity index (χ0v) is 18.8. The molecule has 2 atom stereocenters. The average Bonchev–Trinajstić information content (AvgIpc) is 2.81. The van der Waals surface area contributed by atoms with Crippen molar-refractivity contribution >= 4 is 39.7 Å². The number of benzene rings is 1. The Balaban J connectivity index is 2.17. The molecule has 1 aromatic rings. The van der Waals surface area contributed by atoms with Gasteiger partial charge in [0, 0.05) is 0 Å². The van der Waals surface area contributed by atoms with E-state index in [-0.39, 0.29) is 4.22 Å². The summed E-state index contributed by atoms with van der Waals surface area (Å²) in [4.78, 5) is 0. The molecule has 2 rings (SSSR count). The van der Waals surface area contributed by atoms with Crippen molar-refractivity contribution in [2.75, 3.05) is 6.61 Å². The van der Waals surface area contributed by atoms with Crippen molar-refractivity contribution in [3.63, 3.8) is 0 Å². The van der Waals surface area contributed by atoms with Gasteiger partial charge in [0.25, 0.3) is 0 Å². The third-order valence-corrected chi connectivity index (χ3v) is 32.7. The van der Waals surface area contributed by atoms with Crippen molar-refractivity contribution in [3.05, 3.63) is 41.5 Å². The fourth-order valence-electron chi connectivity index (χ4n) is 2.79. The maximum atomic E-state index is 13.6. The minimum atomic E-state index is -4.80. The van der Waals surface area contributed by atoms with Crippen molar-refractivity contribution in [2.45, 2.75) is 36.5 Å². The van der Waals surface area contributed by atoms with Crippen LogP contribution in [-0.4, -0.2) is 21.6 Å². The number of allylic oxidation sites excluding steroid dienone is 1. The van der Waals surface area contributed by atoms with E-state index in [0.717, 1.165) is 17.2 Å². The summed E-state index contributed by atoms with van der Waals surface area (Å²) in [5, 5.41) is 0. The molecule has 0 saturated carbocycles. The molecule has 1 aliphatic rings. The summed E-state index contributed by atoms with van der Waals surface area (Å²) in [6, 6.07) is 8.71. The molecule has 0 radical (unpaired) electrons. The van der Waals surface area contributed by atoms with Crippen molar-refractivity contribution in [1.29, 1.82) is 0 Å². The fourth-order valence-corrected chi connectivity index (χ4v) is 18.5. The van der Waals surface area contributed by atoms with Crippen molar-refractivity contribution in [3.8, 4) is 0 Å². The topological polar surface area (TPSA) is 26.3 Å². The Hall–Kier alpha value is 0.448. The first-order valence-corrected chi connectivity index (χ1v) is 22.2. The third-order valence-electron chi connectivity index (χ3n) is 4.29. The van der Waals surface area contributed by atoms with Gasteiger partial charge in [0.1, 0.15) is 0 Å². The molecular weight excluding hydrogens is 387 g/mol. The van der Waals surface area contributed by atoms with Gasteiger partial charge in [-0.05, 0) is 0 Å². The van der Waals surface area contributed by atoms with Crippen molar-refractivity contribution in [1.82, 2.24) is 0 Å². The van der Waals surface area contributed by atoms with Crippen LogP contribution in [0, 0.1) is 0 Å². The van der Waals surface area contributed by atoms with Crippen molar-refractivity contribution in [2.24, 2.45) is 0 Å². The molecular formula is C15H24Cl2O2Si2Ti. The molecule has 0 heterocycles. The van der Waals surface area contributed by atoms with E-state index in [1.165, 1.54) is 0 Å². The predicted octanol–water partition coefficient (Wildman–Crippen LogP) is 5.30. The zero-order chi connectivity index (χ0) is 16.6. The molecule has 0 N–H and O–H groups in total. The monoisotopic (exact) mass is 410 g/mol. The van der Waals surface area contributed by atoms with Crippen LogP contribution in [-0.2, 0) is 20.2 Å². The van der Waals surface area contributed by atoms with E-state index < -0.39 is 27.4 Å². The Bertz CT molecular complexity index is 649. The summed E-state index contributed by atoms with van der Waals surface area (Å²) in [6.07, 6.45) is 3.93. The van der Waals surface area contributed by atoms with Gasteiger partial charge in [0.05, 0.1) is 0 Å². The van der Waals surface area contributed by atoms with Crippen LogP contribution in [0.15, 0.2) is 30.3 Å². The Morgan fingerprint density at radius 3 is 2.55 bits per heavy atom. The molecule has 1 aliphatic carbocycles. The number of fused-ring (bicyclic) bond motifs is 1. The van der Waals surface area contributed by atoms with Gasteiger partial charge < -0.3 is 0 Å². The van der Waals surface area contributed by atoms with Gasteiger partial charge in [-0.3, -0.25) is 0 Å². The van der Waals surface area contributed by atoms with Gasteiger partial charge in [-0.2, -0.15) is 0 Å². The number of hydrogen-bond acceptors (Lipinski definition) is 2. The van der Waals surface area contributed by atoms with Crippen molar-refractivity contribution < 1.29 is 20.2 Å². The van der Waals surface area contributed by atoms with E-state index in [1.54, 1.807) is 0 Å². The molecule has 22 heavy (non-hydrogen) atoms. The average molecular weight is 411 g/mol. The van der Waals surface area contributed by atoms with Crippen LogP contribution in [0.5, 0.6) is 0 Å². The van der Waals surface area contributed by atoms with Crippen LogP contribution in [0.2, 0.25) is 32.2 Å². The van der Waals surface area contributed by atoms with Crippen LogP contribution < -0.4 is 0 Å². The molecule has 2 unspecified atom stereocenters. The van der Waals surface area contributed by atoms with Crippen LogP contribution in [0.3, 0.4) is 0 Å². The summed E-state index contributed by atoms with van der Waals surface area (Å²) in [5.74, 6) is 0. The van der Waals surface area contributed by atoms with E-state index in [4.69, 9.17) is 23.0 Å². The Labute approximate surface area is 143 Å². The summed E-state index contributed by atoms with van der Waals surface area (Å²) in [6.45, 7) is 7.30. The second kappa shape index (κ2) is 6.39. The van der Waals surface area contributed by atoms with Crippen LogP contribution in [0.4, 0.5) is 0 Å². The third kappa shape index (κ3) is 4.10. The Morgan fingerprint density at radius 2 is 1.91 bits per heavy atom. The number of rotatable bonds is 6. The predicted molar refractivity (Wildman–Crippen MR) is 97.7 cm³/mol. The molecule has 0 spiro atoms. The van der Waals surface area contributed by atoms with Gasteiger partial charge >= 0.3 is 144 Å². The molecule has 0 bridgehead atoms. The van der Waals surface area contributed by atoms with Gasteiger partial charge in [-0.25, -0.2) is 0 Å². The number of halogens is 2. The van der Waals surface area contributed by atoms with E-state index in [2.05, 4.69) is 19.6 Å². The Morgan fingerprint density at radius 1 is 1.27 bits per heavy atom.